The minimum Gasteiger partial charge on any atom is -0.370 e. The van der Waals surface area contributed by atoms with Crippen molar-refractivity contribution in [1.82, 2.24) is 31.9 Å². The summed E-state index contributed by atoms with van der Waals surface area (Å²) in [4.78, 5) is 98.3. The summed E-state index contributed by atoms with van der Waals surface area (Å²) >= 11 is 0. The van der Waals surface area contributed by atoms with Crippen molar-refractivity contribution in [2.75, 3.05) is 13.1 Å². The molecule has 0 aromatic heterocycles. The molecule has 0 bridgehead atoms. The molecule has 0 spiro atoms. The van der Waals surface area contributed by atoms with E-state index in [0.717, 1.165) is 0 Å². The fourth-order valence-electron chi connectivity index (χ4n) is 5.32. The fraction of sp³-hybridized carbons (Fsp3) is 0.743. The Bertz CT molecular complexity index is 1300. The number of nitrogens with one attached hydrogen (secondary N) is 6. The van der Waals surface area contributed by atoms with Gasteiger partial charge in [-0.15, -0.1) is 0 Å². The first-order valence-electron chi connectivity index (χ1n) is 18.5. The highest BCUT2D eigenvalue weighted by Gasteiger charge is 2.33. The molecule has 54 heavy (non-hydrogen) atoms. The van der Waals surface area contributed by atoms with Crippen LogP contribution < -0.4 is 54.8 Å². The number of amides is 6. The van der Waals surface area contributed by atoms with E-state index >= 15 is 0 Å². The zero-order chi connectivity index (χ0) is 41.5. The largest absolute Gasteiger partial charge is 0.370 e. The highest BCUT2D eigenvalue weighted by molar-refractivity contribution is 5.96. The average Bonchev–Trinajstić information content (AvgIpc) is 3.05. The molecule has 0 radical (unpaired) electrons. The van der Waals surface area contributed by atoms with Gasteiger partial charge in [-0.3, -0.25) is 38.8 Å². The Morgan fingerprint density at radius 3 is 1.24 bits per heavy atom. The third-order valence-electron chi connectivity index (χ3n) is 7.87. The number of hydrogen-bond acceptors (Lipinski definition) is 9. The van der Waals surface area contributed by atoms with Crippen LogP contribution in [-0.2, 0) is 33.6 Å². The predicted octanol–water partition coefficient (Wildman–Crippen LogP) is -1.62. The lowest BCUT2D eigenvalue weighted by atomic mass is 9.98. The van der Waals surface area contributed by atoms with Gasteiger partial charge in [-0.25, -0.2) is 0 Å². The van der Waals surface area contributed by atoms with E-state index in [0.29, 0.717) is 19.1 Å². The van der Waals surface area contributed by atoms with Gasteiger partial charge in [0.05, 0.1) is 6.04 Å². The van der Waals surface area contributed by atoms with E-state index in [2.05, 4.69) is 41.9 Å². The number of nitrogens with zero attached hydrogens (tertiary/aromatic N) is 2. The van der Waals surface area contributed by atoms with Gasteiger partial charge in [0.15, 0.2) is 11.9 Å². The fourth-order valence-corrected chi connectivity index (χ4v) is 5.32. The molecule has 6 amide bonds. The summed E-state index contributed by atoms with van der Waals surface area (Å²) in [6.45, 7) is 14.4. The van der Waals surface area contributed by atoms with Gasteiger partial charge in [0.1, 0.15) is 36.5 Å². The van der Waals surface area contributed by atoms with Crippen LogP contribution in [0.2, 0.25) is 0 Å². The minimum atomic E-state index is -1.08. The molecule has 0 heterocycles. The molecule has 0 aliphatic rings. The van der Waals surface area contributed by atoms with Crippen molar-refractivity contribution in [1.29, 1.82) is 0 Å². The molecular formula is C35H66N12O7. The Morgan fingerprint density at radius 1 is 0.519 bits per heavy atom. The number of guanidine groups is 2. The molecule has 0 rings (SSSR count). The molecule has 308 valence electrons. The van der Waals surface area contributed by atoms with Crippen LogP contribution in [0.25, 0.3) is 0 Å². The van der Waals surface area contributed by atoms with E-state index in [1.807, 2.05) is 41.5 Å². The van der Waals surface area contributed by atoms with Crippen LogP contribution >= 0.6 is 0 Å². The summed E-state index contributed by atoms with van der Waals surface area (Å²) in [6, 6.07) is -6.04. The van der Waals surface area contributed by atoms with Crippen LogP contribution in [0.3, 0.4) is 0 Å². The molecule has 0 saturated heterocycles. The number of carbonyl (C=O) groups is 7. The summed E-state index contributed by atoms with van der Waals surface area (Å²) in [5.74, 6) is -3.81. The molecule has 0 aromatic carbocycles. The first kappa shape index (κ1) is 49.0. The van der Waals surface area contributed by atoms with E-state index in [1.54, 1.807) is 0 Å². The maximum absolute atomic E-state index is 13.8. The monoisotopic (exact) mass is 767 g/mol. The van der Waals surface area contributed by atoms with Crippen molar-refractivity contribution in [3.05, 3.63) is 0 Å². The molecule has 6 atom stereocenters. The molecule has 0 saturated carbocycles. The molecule has 19 heteroatoms. The SMILES string of the molecule is CC(=O)N[C@@H](CCCN=C(N)N)C(=O)N[C@@H](CC(C)C)C(=O)N[C@@H](CC(C)C)C(=O)N[C@@H](CC(C)C)C(=O)N[C@@H](C)C(=O)N[C@H](C=O)CCCN=C(N)N. The number of hydrogen-bond donors (Lipinski definition) is 10. The highest BCUT2D eigenvalue weighted by atomic mass is 16.2. The third-order valence-corrected chi connectivity index (χ3v) is 7.87. The lowest BCUT2D eigenvalue weighted by Gasteiger charge is -2.28. The van der Waals surface area contributed by atoms with Gasteiger partial charge in [0, 0.05) is 20.0 Å². The molecule has 19 nitrogen and oxygen atoms in total. The van der Waals surface area contributed by atoms with Crippen LogP contribution in [0.15, 0.2) is 9.98 Å². The number of aliphatic imine (C=N–C) groups is 2. The van der Waals surface area contributed by atoms with Gasteiger partial charge in [-0.2, -0.15) is 0 Å². The summed E-state index contributed by atoms with van der Waals surface area (Å²) < 4.78 is 0. The standard InChI is InChI=1S/C35H66N12O7/c1-19(2)15-26(31(52)42-22(7)29(50)44-24(18-48)11-9-13-40-34(36)37)46-33(54)28(17-21(5)6)47-32(53)27(16-20(3)4)45-30(51)25(43-23(8)49)12-10-14-41-35(38)39/h18-22,24-28H,9-17H2,1-8H3,(H,42,52)(H,43,49)(H,44,50)(H,45,51)(H,46,54)(H,47,53)(H4,36,37,40)(H4,38,39,41)/t22-,24-,25-,26-,27-,28-/m0/s1. The summed E-state index contributed by atoms with van der Waals surface area (Å²) in [5, 5.41) is 16.0. The smallest absolute Gasteiger partial charge is 0.243 e. The molecule has 0 unspecified atom stereocenters. The molecular weight excluding hydrogens is 700 g/mol. The average molecular weight is 767 g/mol. The first-order chi connectivity index (χ1) is 25.2. The highest BCUT2D eigenvalue weighted by Crippen LogP contribution is 2.12. The maximum Gasteiger partial charge on any atom is 0.243 e. The van der Waals surface area contributed by atoms with Crippen molar-refractivity contribution in [3.63, 3.8) is 0 Å². The van der Waals surface area contributed by atoms with Crippen LogP contribution in [-0.4, -0.2) is 103 Å². The normalized spacial score (nSPS) is 14.4. The molecule has 0 fully saturated rings. The zero-order valence-corrected chi connectivity index (χ0v) is 33.2. The van der Waals surface area contributed by atoms with E-state index in [9.17, 15) is 33.6 Å². The lowest BCUT2D eigenvalue weighted by molar-refractivity contribution is -0.135. The third kappa shape index (κ3) is 22.2. The van der Waals surface area contributed by atoms with Gasteiger partial charge in [-0.1, -0.05) is 41.5 Å². The predicted molar refractivity (Wildman–Crippen MR) is 207 cm³/mol. The number of nitrogens with two attached hydrogens (primary N) is 4. The van der Waals surface area contributed by atoms with Crippen LogP contribution in [0.4, 0.5) is 0 Å². The second-order valence-corrected chi connectivity index (χ2v) is 14.7. The van der Waals surface area contributed by atoms with E-state index in [-0.39, 0.29) is 74.9 Å². The molecule has 14 N–H and O–H groups in total. The van der Waals surface area contributed by atoms with Gasteiger partial charge in [0.25, 0.3) is 0 Å². The zero-order valence-electron chi connectivity index (χ0n) is 33.2. The van der Waals surface area contributed by atoms with Crippen LogP contribution in [0.1, 0.15) is 100 Å². The Morgan fingerprint density at radius 2 is 0.889 bits per heavy atom. The quantitative estimate of drug-likeness (QED) is 0.0206. The second kappa shape index (κ2) is 25.9. The topological polar surface area (TPSA) is 320 Å². The van der Waals surface area contributed by atoms with Gasteiger partial charge < -0.3 is 59.6 Å². The van der Waals surface area contributed by atoms with E-state index in [1.165, 1.54) is 13.8 Å². The summed E-state index contributed by atoms with van der Waals surface area (Å²) in [5.41, 5.74) is 21.4. The first-order valence-corrected chi connectivity index (χ1v) is 18.5. The van der Waals surface area contributed by atoms with Crippen molar-refractivity contribution in [3.8, 4) is 0 Å². The Labute approximate surface area is 319 Å². The van der Waals surface area contributed by atoms with E-state index in [4.69, 9.17) is 22.9 Å². The number of carbonyl (C=O) groups excluding carboxylic acids is 7. The molecule has 0 aliphatic carbocycles. The van der Waals surface area contributed by atoms with Crippen LogP contribution in [0.5, 0.6) is 0 Å². The Kier molecular flexibility index (Phi) is 23.5. The number of rotatable bonds is 26. The van der Waals surface area contributed by atoms with Gasteiger partial charge >= 0.3 is 0 Å². The molecule has 0 aliphatic heterocycles. The number of aldehydes is 1. The summed E-state index contributed by atoms with van der Waals surface area (Å²) in [6.07, 6.45) is 2.54. The maximum atomic E-state index is 13.8. The summed E-state index contributed by atoms with van der Waals surface area (Å²) in [7, 11) is 0. The van der Waals surface area contributed by atoms with Crippen molar-refractivity contribution >= 4 is 53.6 Å². The van der Waals surface area contributed by atoms with Crippen LogP contribution in [0, 0.1) is 17.8 Å². The van der Waals surface area contributed by atoms with Gasteiger partial charge in [0.2, 0.25) is 35.4 Å². The van der Waals surface area contributed by atoms with Crippen molar-refractivity contribution < 1.29 is 33.6 Å². The van der Waals surface area contributed by atoms with Gasteiger partial charge in [-0.05, 0) is 69.6 Å². The Hall–Kier alpha value is -4.97. The lowest BCUT2D eigenvalue weighted by Crippen LogP contribution is -2.59. The van der Waals surface area contributed by atoms with Crippen molar-refractivity contribution in [2.45, 2.75) is 137 Å². The Balaban J connectivity index is 5.92. The van der Waals surface area contributed by atoms with Crippen molar-refractivity contribution in [2.24, 2.45) is 50.7 Å². The van der Waals surface area contributed by atoms with E-state index < -0.39 is 71.7 Å². The minimum absolute atomic E-state index is 0.0377. The second-order valence-electron chi connectivity index (χ2n) is 14.7. The molecule has 0 aromatic rings.